The Labute approximate surface area is 152 Å². The fourth-order valence-electron chi connectivity index (χ4n) is 2.52. The van der Waals surface area contributed by atoms with E-state index in [0.717, 1.165) is 5.56 Å². The van der Waals surface area contributed by atoms with Crippen molar-refractivity contribution in [1.29, 1.82) is 0 Å². The number of carbonyl (C=O) groups is 2. The van der Waals surface area contributed by atoms with Crippen LogP contribution in [0.5, 0.6) is 11.5 Å². The van der Waals surface area contributed by atoms with Crippen LogP contribution in [0.25, 0.3) is 0 Å². The van der Waals surface area contributed by atoms with Gasteiger partial charge in [-0.05, 0) is 49.2 Å². The average molecular weight is 357 g/mol. The predicted octanol–water partition coefficient (Wildman–Crippen LogP) is 3.25. The number of carboxylic acids is 1. The van der Waals surface area contributed by atoms with Gasteiger partial charge in [0.2, 0.25) is 5.91 Å². The first-order valence-electron chi connectivity index (χ1n) is 8.12. The van der Waals surface area contributed by atoms with E-state index in [1.807, 2.05) is 19.9 Å². The van der Waals surface area contributed by atoms with Crippen LogP contribution in [0, 0.1) is 0 Å². The molecule has 2 aromatic carbocycles. The Bertz CT molecular complexity index is 796. The van der Waals surface area contributed by atoms with E-state index in [2.05, 4.69) is 5.32 Å². The van der Waals surface area contributed by atoms with Gasteiger partial charge >= 0.3 is 5.97 Å². The number of rotatable bonds is 7. The van der Waals surface area contributed by atoms with Crippen molar-refractivity contribution < 1.29 is 24.2 Å². The summed E-state index contributed by atoms with van der Waals surface area (Å²) in [6.07, 6.45) is -0.0502. The third kappa shape index (κ3) is 4.33. The summed E-state index contributed by atoms with van der Waals surface area (Å²) in [4.78, 5) is 23.5. The molecule has 0 saturated carbocycles. The van der Waals surface area contributed by atoms with Crippen LogP contribution in [0.1, 0.15) is 25.0 Å². The van der Waals surface area contributed by atoms with E-state index >= 15 is 0 Å². The lowest BCUT2D eigenvalue weighted by Crippen LogP contribution is -2.34. The van der Waals surface area contributed by atoms with E-state index in [-0.39, 0.29) is 12.3 Å². The standard InChI is InChI=1S/C20H23NO5/c1-20(2,14-7-10-16(25-3)17(12-14)26-4)19(24)21-15-8-5-13(6-9-15)11-18(22)23/h5-10,12H,11H2,1-4H3,(H,21,24)(H,22,23). The van der Waals surface area contributed by atoms with Gasteiger partial charge in [0.05, 0.1) is 26.1 Å². The van der Waals surface area contributed by atoms with E-state index in [9.17, 15) is 9.59 Å². The molecule has 138 valence electrons. The Morgan fingerprint density at radius 3 is 2.15 bits per heavy atom. The molecule has 2 rings (SSSR count). The molecule has 0 aromatic heterocycles. The second-order valence-corrected chi connectivity index (χ2v) is 6.42. The van der Waals surface area contributed by atoms with Crippen LogP contribution in [0.2, 0.25) is 0 Å². The number of hydrogen-bond acceptors (Lipinski definition) is 4. The van der Waals surface area contributed by atoms with Crippen LogP contribution >= 0.6 is 0 Å². The molecule has 2 N–H and O–H groups in total. The molecule has 1 amide bonds. The summed E-state index contributed by atoms with van der Waals surface area (Å²) >= 11 is 0. The highest BCUT2D eigenvalue weighted by atomic mass is 16.5. The first-order valence-corrected chi connectivity index (χ1v) is 8.12. The predicted molar refractivity (Wildman–Crippen MR) is 99.0 cm³/mol. The summed E-state index contributed by atoms with van der Waals surface area (Å²) in [7, 11) is 3.11. The SMILES string of the molecule is COc1ccc(C(C)(C)C(=O)Nc2ccc(CC(=O)O)cc2)cc1OC. The van der Waals surface area contributed by atoms with Gasteiger partial charge in [0, 0.05) is 5.69 Å². The normalized spacial score (nSPS) is 10.9. The minimum absolute atomic E-state index is 0.0502. The van der Waals surface area contributed by atoms with Gasteiger partial charge in [-0.2, -0.15) is 0 Å². The minimum Gasteiger partial charge on any atom is -0.493 e. The van der Waals surface area contributed by atoms with Gasteiger partial charge in [-0.15, -0.1) is 0 Å². The molecule has 26 heavy (non-hydrogen) atoms. The van der Waals surface area contributed by atoms with Gasteiger partial charge in [0.1, 0.15) is 0 Å². The summed E-state index contributed by atoms with van der Waals surface area (Å²) in [5, 5.41) is 11.7. The van der Waals surface area contributed by atoms with E-state index in [0.29, 0.717) is 22.7 Å². The van der Waals surface area contributed by atoms with Gasteiger partial charge in [-0.1, -0.05) is 18.2 Å². The van der Waals surface area contributed by atoms with E-state index in [1.54, 1.807) is 50.6 Å². The van der Waals surface area contributed by atoms with Crippen molar-refractivity contribution in [1.82, 2.24) is 0 Å². The van der Waals surface area contributed by atoms with Crippen LogP contribution in [0.15, 0.2) is 42.5 Å². The van der Waals surface area contributed by atoms with Crippen molar-refractivity contribution in [3.8, 4) is 11.5 Å². The lowest BCUT2D eigenvalue weighted by Gasteiger charge is -2.25. The van der Waals surface area contributed by atoms with Gasteiger partial charge < -0.3 is 19.9 Å². The number of carboxylic acid groups (broad SMARTS) is 1. The summed E-state index contributed by atoms with van der Waals surface area (Å²) in [6.45, 7) is 3.64. The van der Waals surface area contributed by atoms with Crippen LogP contribution in [0.3, 0.4) is 0 Å². The first-order chi connectivity index (χ1) is 12.3. The number of ether oxygens (including phenoxy) is 2. The number of aliphatic carboxylic acids is 1. The molecular formula is C20H23NO5. The highest BCUT2D eigenvalue weighted by molar-refractivity contribution is 5.98. The molecular weight excluding hydrogens is 334 g/mol. The number of amides is 1. The molecule has 0 aliphatic heterocycles. The zero-order chi connectivity index (χ0) is 19.3. The third-order valence-electron chi connectivity index (χ3n) is 4.24. The van der Waals surface area contributed by atoms with Gasteiger partial charge in [-0.3, -0.25) is 9.59 Å². The number of benzene rings is 2. The van der Waals surface area contributed by atoms with E-state index < -0.39 is 11.4 Å². The molecule has 6 heteroatoms. The Morgan fingerprint density at radius 1 is 1.00 bits per heavy atom. The maximum Gasteiger partial charge on any atom is 0.307 e. The molecule has 0 fully saturated rings. The smallest absolute Gasteiger partial charge is 0.307 e. The second kappa shape index (κ2) is 7.91. The van der Waals surface area contributed by atoms with Crippen molar-refractivity contribution in [2.24, 2.45) is 0 Å². The number of methoxy groups -OCH3 is 2. The maximum absolute atomic E-state index is 12.8. The van der Waals surface area contributed by atoms with Crippen LogP contribution in [0.4, 0.5) is 5.69 Å². The topological polar surface area (TPSA) is 84.9 Å². The van der Waals surface area contributed by atoms with Crippen molar-refractivity contribution in [3.05, 3.63) is 53.6 Å². The Morgan fingerprint density at radius 2 is 1.62 bits per heavy atom. The summed E-state index contributed by atoms with van der Waals surface area (Å²) in [5.74, 6) is 0.0810. The zero-order valence-electron chi connectivity index (χ0n) is 15.3. The van der Waals surface area contributed by atoms with Crippen molar-refractivity contribution >= 4 is 17.6 Å². The third-order valence-corrected chi connectivity index (χ3v) is 4.24. The van der Waals surface area contributed by atoms with Gasteiger partial charge in [-0.25, -0.2) is 0 Å². The van der Waals surface area contributed by atoms with E-state index in [1.165, 1.54) is 0 Å². The fourth-order valence-corrected chi connectivity index (χ4v) is 2.52. The molecule has 0 saturated heterocycles. The monoisotopic (exact) mass is 357 g/mol. The largest absolute Gasteiger partial charge is 0.493 e. The Balaban J connectivity index is 2.18. The lowest BCUT2D eigenvalue weighted by atomic mass is 9.83. The quantitative estimate of drug-likeness (QED) is 0.795. The molecule has 0 aliphatic carbocycles. The first kappa shape index (κ1) is 19.3. The summed E-state index contributed by atoms with van der Waals surface area (Å²) < 4.78 is 10.5. The number of hydrogen-bond donors (Lipinski definition) is 2. The number of nitrogens with one attached hydrogen (secondary N) is 1. The number of carbonyl (C=O) groups excluding carboxylic acids is 1. The lowest BCUT2D eigenvalue weighted by molar-refractivity contribution is -0.136. The number of anilines is 1. The summed E-state index contributed by atoms with van der Waals surface area (Å²) in [5.41, 5.74) is 1.27. The molecule has 0 atom stereocenters. The van der Waals surface area contributed by atoms with Gasteiger partial charge in [0.15, 0.2) is 11.5 Å². The fraction of sp³-hybridized carbons (Fsp3) is 0.300. The average Bonchev–Trinajstić information content (AvgIpc) is 2.62. The van der Waals surface area contributed by atoms with Crippen LogP contribution < -0.4 is 14.8 Å². The van der Waals surface area contributed by atoms with Crippen molar-refractivity contribution in [2.45, 2.75) is 25.7 Å². The highest BCUT2D eigenvalue weighted by Crippen LogP contribution is 2.33. The minimum atomic E-state index is -0.892. The molecule has 2 aromatic rings. The maximum atomic E-state index is 12.8. The van der Waals surface area contributed by atoms with Crippen LogP contribution in [-0.2, 0) is 21.4 Å². The molecule has 0 aliphatic rings. The van der Waals surface area contributed by atoms with E-state index in [4.69, 9.17) is 14.6 Å². The van der Waals surface area contributed by atoms with Crippen molar-refractivity contribution in [2.75, 3.05) is 19.5 Å². The molecule has 0 radical (unpaired) electrons. The Hall–Kier alpha value is -3.02. The molecule has 0 unspecified atom stereocenters. The highest BCUT2D eigenvalue weighted by Gasteiger charge is 2.30. The summed E-state index contributed by atoms with van der Waals surface area (Å²) in [6, 6.07) is 12.1. The zero-order valence-corrected chi connectivity index (χ0v) is 15.3. The van der Waals surface area contributed by atoms with Crippen molar-refractivity contribution in [3.63, 3.8) is 0 Å². The second-order valence-electron chi connectivity index (χ2n) is 6.42. The molecule has 0 bridgehead atoms. The molecule has 0 heterocycles. The van der Waals surface area contributed by atoms with Gasteiger partial charge in [0.25, 0.3) is 0 Å². The Kier molecular flexibility index (Phi) is 5.87. The molecule has 6 nitrogen and oxygen atoms in total. The van der Waals surface area contributed by atoms with Crippen LogP contribution in [-0.4, -0.2) is 31.2 Å². The molecule has 0 spiro atoms.